The van der Waals surface area contributed by atoms with Gasteiger partial charge in [-0.25, -0.2) is 9.97 Å². The fourth-order valence-corrected chi connectivity index (χ4v) is 2.56. The summed E-state index contributed by atoms with van der Waals surface area (Å²) >= 11 is 17.7. The molecule has 3 rings (SSSR count). The number of amides is 1. The van der Waals surface area contributed by atoms with Gasteiger partial charge in [0.15, 0.2) is 5.82 Å². The van der Waals surface area contributed by atoms with Crippen molar-refractivity contribution >= 4 is 46.4 Å². The molecule has 1 N–H and O–H groups in total. The minimum absolute atomic E-state index is 0.318. The second kappa shape index (κ2) is 7.18. The number of hydrogen-bond donors (Lipinski definition) is 1. The second-order valence-corrected chi connectivity index (χ2v) is 6.16. The molecule has 0 saturated heterocycles. The first-order valence-corrected chi connectivity index (χ1v) is 8.01. The van der Waals surface area contributed by atoms with Gasteiger partial charge >= 0.3 is 0 Å². The summed E-state index contributed by atoms with van der Waals surface area (Å²) in [6.45, 7) is 0. The lowest BCUT2D eigenvalue weighted by Crippen LogP contribution is -2.13. The Morgan fingerprint density at radius 3 is 2.12 bits per heavy atom. The molecule has 0 aliphatic rings. The van der Waals surface area contributed by atoms with Gasteiger partial charge in [0.25, 0.3) is 5.91 Å². The number of rotatable bonds is 3. The summed E-state index contributed by atoms with van der Waals surface area (Å²) in [5.41, 5.74) is 1.60. The summed E-state index contributed by atoms with van der Waals surface area (Å²) in [5, 5.41) is 4.18. The maximum Gasteiger partial charge on any atom is 0.258 e. The standard InChI is InChI=1S/C17H10Cl3N3O/c18-12-3-1-10(2-4-12)16-21-8-11(9-22-16)17(24)23-15-6-5-13(19)7-14(15)20/h1-9H,(H,23,24). The fraction of sp³-hybridized carbons (Fsp3) is 0. The third-order valence-electron chi connectivity index (χ3n) is 3.20. The lowest BCUT2D eigenvalue weighted by atomic mass is 10.2. The Kier molecular flexibility index (Phi) is 5.00. The summed E-state index contributed by atoms with van der Waals surface area (Å²) in [4.78, 5) is 20.7. The molecule has 0 atom stereocenters. The topological polar surface area (TPSA) is 54.9 Å². The molecular weight excluding hydrogens is 369 g/mol. The van der Waals surface area contributed by atoms with Crippen LogP contribution in [-0.2, 0) is 0 Å². The van der Waals surface area contributed by atoms with Crippen molar-refractivity contribution in [1.29, 1.82) is 0 Å². The highest BCUT2D eigenvalue weighted by atomic mass is 35.5. The number of benzene rings is 2. The van der Waals surface area contributed by atoms with Crippen LogP contribution in [0.1, 0.15) is 10.4 Å². The van der Waals surface area contributed by atoms with E-state index in [1.54, 1.807) is 30.3 Å². The molecule has 0 bridgehead atoms. The Morgan fingerprint density at radius 1 is 0.875 bits per heavy atom. The van der Waals surface area contributed by atoms with Gasteiger partial charge in [0.05, 0.1) is 16.3 Å². The van der Waals surface area contributed by atoms with Gasteiger partial charge in [0.2, 0.25) is 0 Å². The highest BCUT2D eigenvalue weighted by molar-refractivity contribution is 6.36. The maximum absolute atomic E-state index is 12.2. The van der Waals surface area contributed by atoms with E-state index in [4.69, 9.17) is 34.8 Å². The van der Waals surface area contributed by atoms with Crippen LogP contribution < -0.4 is 5.32 Å². The fourth-order valence-electron chi connectivity index (χ4n) is 1.98. The van der Waals surface area contributed by atoms with E-state index in [-0.39, 0.29) is 5.91 Å². The molecule has 24 heavy (non-hydrogen) atoms. The summed E-state index contributed by atoms with van der Waals surface area (Å²) in [6.07, 6.45) is 2.91. The second-order valence-electron chi connectivity index (χ2n) is 4.88. The minimum atomic E-state index is -0.359. The molecule has 1 aromatic heterocycles. The number of nitrogens with one attached hydrogen (secondary N) is 1. The Balaban J connectivity index is 1.77. The zero-order chi connectivity index (χ0) is 17.1. The average molecular weight is 379 g/mol. The quantitative estimate of drug-likeness (QED) is 0.668. The highest BCUT2D eigenvalue weighted by Crippen LogP contribution is 2.26. The van der Waals surface area contributed by atoms with E-state index in [0.29, 0.717) is 32.1 Å². The van der Waals surface area contributed by atoms with Gasteiger partial charge in [-0.15, -0.1) is 0 Å². The molecule has 7 heteroatoms. The Hall–Kier alpha value is -2.14. The van der Waals surface area contributed by atoms with E-state index >= 15 is 0 Å². The molecule has 0 aliphatic heterocycles. The van der Waals surface area contributed by atoms with E-state index in [1.165, 1.54) is 12.4 Å². The molecule has 0 radical (unpaired) electrons. The molecule has 120 valence electrons. The summed E-state index contributed by atoms with van der Waals surface area (Å²) < 4.78 is 0. The van der Waals surface area contributed by atoms with Crippen LogP contribution in [-0.4, -0.2) is 15.9 Å². The van der Waals surface area contributed by atoms with Crippen molar-refractivity contribution in [2.45, 2.75) is 0 Å². The van der Waals surface area contributed by atoms with E-state index in [2.05, 4.69) is 15.3 Å². The first kappa shape index (κ1) is 16.7. The van der Waals surface area contributed by atoms with Crippen LogP contribution in [0.3, 0.4) is 0 Å². The lowest BCUT2D eigenvalue weighted by molar-refractivity contribution is 0.102. The third kappa shape index (κ3) is 3.85. The first-order valence-electron chi connectivity index (χ1n) is 6.87. The van der Waals surface area contributed by atoms with Gasteiger partial charge in [0.1, 0.15) is 0 Å². The van der Waals surface area contributed by atoms with E-state index in [1.807, 2.05) is 12.1 Å². The van der Waals surface area contributed by atoms with Crippen LogP contribution in [0.15, 0.2) is 54.9 Å². The van der Waals surface area contributed by atoms with Crippen LogP contribution in [0.4, 0.5) is 5.69 Å². The van der Waals surface area contributed by atoms with Crippen molar-refractivity contribution in [3.05, 3.63) is 75.5 Å². The molecule has 0 unspecified atom stereocenters. The van der Waals surface area contributed by atoms with Crippen molar-refractivity contribution in [3.63, 3.8) is 0 Å². The van der Waals surface area contributed by atoms with Gasteiger partial charge < -0.3 is 5.32 Å². The Bertz CT molecular complexity index is 881. The Morgan fingerprint density at radius 2 is 1.50 bits per heavy atom. The van der Waals surface area contributed by atoms with E-state index in [0.717, 1.165) is 5.56 Å². The van der Waals surface area contributed by atoms with Crippen molar-refractivity contribution in [2.75, 3.05) is 5.32 Å². The van der Waals surface area contributed by atoms with Crippen molar-refractivity contribution in [2.24, 2.45) is 0 Å². The number of anilines is 1. The van der Waals surface area contributed by atoms with Crippen LogP contribution in [0.2, 0.25) is 15.1 Å². The van der Waals surface area contributed by atoms with Gasteiger partial charge in [-0.05, 0) is 42.5 Å². The summed E-state index contributed by atoms with van der Waals surface area (Å²) in [5.74, 6) is 0.148. The van der Waals surface area contributed by atoms with Crippen LogP contribution in [0.25, 0.3) is 11.4 Å². The van der Waals surface area contributed by atoms with Crippen molar-refractivity contribution < 1.29 is 4.79 Å². The maximum atomic E-state index is 12.2. The monoisotopic (exact) mass is 377 g/mol. The molecule has 1 amide bonds. The average Bonchev–Trinajstić information content (AvgIpc) is 2.58. The molecule has 4 nitrogen and oxygen atoms in total. The van der Waals surface area contributed by atoms with Crippen LogP contribution in [0.5, 0.6) is 0 Å². The van der Waals surface area contributed by atoms with E-state index < -0.39 is 0 Å². The van der Waals surface area contributed by atoms with Gasteiger partial charge in [0, 0.05) is 28.0 Å². The molecule has 2 aromatic carbocycles. The number of nitrogens with zero attached hydrogens (tertiary/aromatic N) is 2. The molecule has 0 fully saturated rings. The molecule has 1 heterocycles. The molecule has 0 saturated carbocycles. The van der Waals surface area contributed by atoms with Crippen molar-refractivity contribution in [3.8, 4) is 11.4 Å². The zero-order valence-electron chi connectivity index (χ0n) is 12.1. The normalized spacial score (nSPS) is 10.5. The molecular formula is C17H10Cl3N3O. The molecule has 3 aromatic rings. The summed E-state index contributed by atoms with van der Waals surface area (Å²) in [6, 6.07) is 12.0. The van der Waals surface area contributed by atoms with E-state index in [9.17, 15) is 4.79 Å². The summed E-state index contributed by atoms with van der Waals surface area (Å²) in [7, 11) is 0. The SMILES string of the molecule is O=C(Nc1ccc(Cl)cc1Cl)c1cnc(-c2ccc(Cl)cc2)nc1. The number of carbonyl (C=O) groups excluding carboxylic acids is 1. The molecule has 0 aliphatic carbocycles. The lowest BCUT2D eigenvalue weighted by Gasteiger charge is -2.07. The van der Waals surface area contributed by atoms with Gasteiger partial charge in [-0.1, -0.05) is 34.8 Å². The number of halogens is 3. The number of hydrogen-bond acceptors (Lipinski definition) is 3. The molecule has 0 spiro atoms. The zero-order valence-corrected chi connectivity index (χ0v) is 14.4. The predicted octanol–water partition coefficient (Wildman–Crippen LogP) is 5.36. The minimum Gasteiger partial charge on any atom is -0.321 e. The predicted molar refractivity (Wildman–Crippen MR) is 96.9 cm³/mol. The van der Waals surface area contributed by atoms with Gasteiger partial charge in [-0.2, -0.15) is 0 Å². The first-order chi connectivity index (χ1) is 11.5. The van der Waals surface area contributed by atoms with Crippen LogP contribution >= 0.6 is 34.8 Å². The largest absolute Gasteiger partial charge is 0.321 e. The Labute approximate surface area is 153 Å². The van der Waals surface area contributed by atoms with Crippen molar-refractivity contribution in [1.82, 2.24) is 9.97 Å². The highest BCUT2D eigenvalue weighted by Gasteiger charge is 2.11. The van der Waals surface area contributed by atoms with Gasteiger partial charge in [-0.3, -0.25) is 4.79 Å². The number of aromatic nitrogens is 2. The smallest absolute Gasteiger partial charge is 0.258 e. The third-order valence-corrected chi connectivity index (χ3v) is 4.00. The van der Waals surface area contributed by atoms with Crippen LogP contribution in [0, 0.1) is 0 Å². The number of carbonyl (C=O) groups is 1.